The number of aromatic nitrogens is 2. The largest absolute Gasteiger partial charge is 0.383 e. The fourth-order valence-corrected chi connectivity index (χ4v) is 0.732. The topological polar surface area (TPSA) is 78.1 Å². The van der Waals surface area contributed by atoms with Gasteiger partial charge in [0.2, 0.25) is 0 Å². The van der Waals surface area contributed by atoms with Gasteiger partial charge in [-0.25, -0.2) is 9.97 Å². The Kier molecular flexibility index (Phi) is 2.71. The quantitative estimate of drug-likeness (QED) is 0.642. The Balaban J connectivity index is 2.93. The summed E-state index contributed by atoms with van der Waals surface area (Å²) in [5.41, 5.74) is 5.73. The lowest BCUT2D eigenvalue weighted by molar-refractivity contribution is 0.112. The highest BCUT2D eigenvalue weighted by atomic mass is 16.5. The van der Waals surface area contributed by atoms with Crippen LogP contribution in [0.15, 0.2) is 6.20 Å². The summed E-state index contributed by atoms with van der Waals surface area (Å²) in [6.07, 6.45) is 2.00. The maximum absolute atomic E-state index is 10.3. The smallest absolute Gasteiger partial charge is 0.156 e. The normalized spacial score (nSPS) is 9.75. The van der Waals surface area contributed by atoms with Crippen LogP contribution in [0, 0.1) is 0 Å². The first-order chi connectivity index (χ1) is 5.77. The Morgan fingerprint density at radius 1 is 1.75 bits per heavy atom. The molecule has 0 bridgehead atoms. The van der Waals surface area contributed by atoms with Crippen LogP contribution >= 0.6 is 0 Å². The van der Waals surface area contributed by atoms with E-state index in [9.17, 15) is 4.79 Å². The van der Waals surface area contributed by atoms with E-state index < -0.39 is 0 Å². The van der Waals surface area contributed by atoms with E-state index in [0.29, 0.717) is 24.3 Å². The molecule has 1 rings (SSSR count). The van der Waals surface area contributed by atoms with E-state index in [1.807, 2.05) is 0 Å². The summed E-state index contributed by atoms with van der Waals surface area (Å²) >= 11 is 0. The molecule has 1 heterocycles. The monoisotopic (exact) mass is 167 g/mol. The SMILES string of the molecule is COCc1ncc(C=O)c(N)n1. The molecule has 0 aliphatic heterocycles. The molecule has 0 saturated carbocycles. The van der Waals surface area contributed by atoms with Crippen molar-refractivity contribution in [1.82, 2.24) is 9.97 Å². The molecule has 1 aromatic heterocycles. The van der Waals surface area contributed by atoms with Crippen LogP contribution in [-0.2, 0) is 11.3 Å². The number of hydrogen-bond donors (Lipinski definition) is 1. The maximum Gasteiger partial charge on any atom is 0.156 e. The Morgan fingerprint density at radius 2 is 2.50 bits per heavy atom. The Bertz CT molecular complexity index is 288. The van der Waals surface area contributed by atoms with Gasteiger partial charge in [-0.1, -0.05) is 0 Å². The molecule has 0 radical (unpaired) electrons. The van der Waals surface area contributed by atoms with Crippen molar-refractivity contribution in [3.63, 3.8) is 0 Å². The highest BCUT2D eigenvalue weighted by Crippen LogP contribution is 2.04. The van der Waals surface area contributed by atoms with Gasteiger partial charge in [-0.05, 0) is 0 Å². The van der Waals surface area contributed by atoms with Gasteiger partial charge in [-0.2, -0.15) is 0 Å². The van der Waals surface area contributed by atoms with Crippen molar-refractivity contribution in [2.45, 2.75) is 6.61 Å². The van der Waals surface area contributed by atoms with Crippen molar-refractivity contribution in [2.75, 3.05) is 12.8 Å². The molecule has 0 fully saturated rings. The van der Waals surface area contributed by atoms with Crippen LogP contribution in [0.5, 0.6) is 0 Å². The van der Waals surface area contributed by atoms with Crippen LogP contribution in [0.4, 0.5) is 5.82 Å². The van der Waals surface area contributed by atoms with E-state index in [1.165, 1.54) is 13.3 Å². The van der Waals surface area contributed by atoms with Crippen LogP contribution in [0.3, 0.4) is 0 Å². The summed E-state index contributed by atoms with van der Waals surface area (Å²) in [6.45, 7) is 0.295. The fraction of sp³-hybridized carbons (Fsp3) is 0.286. The van der Waals surface area contributed by atoms with Gasteiger partial charge in [0, 0.05) is 13.3 Å². The third-order valence-corrected chi connectivity index (χ3v) is 1.30. The standard InChI is InChI=1S/C7H9N3O2/c1-12-4-6-9-2-5(3-11)7(8)10-6/h2-3H,4H2,1H3,(H2,8,9,10). The minimum atomic E-state index is 0.187. The van der Waals surface area contributed by atoms with Crippen LogP contribution in [0.2, 0.25) is 0 Å². The Morgan fingerprint density at radius 3 is 3.00 bits per heavy atom. The Labute approximate surface area is 69.6 Å². The second-order valence-corrected chi connectivity index (χ2v) is 2.18. The second-order valence-electron chi connectivity index (χ2n) is 2.18. The number of carbonyl (C=O) groups excluding carboxylic acids is 1. The van der Waals surface area contributed by atoms with Crippen molar-refractivity contribution >= 4 is 12.1 Å². The predicted molar refractivity (Wildman–Crippen MR) is 42.5 cm³/mol. The van der Waals surface area contributed by atoms with E-state index in [4.69, 9.17) is 10.5 Å². The molecule has 0 saturated heterocycles. The number of ether oxygens (including phenoxy) is 1. The summed E-state index contributed by atoms with van der Waals surface area (Å²) in [5, 5.41) is 0. The molecular weight excluding hydrogens is 158 g/mol. The molecule has 5 nitrogen and oxygen atoms in total. The van der Waals surface area contributed by atoms with Gasteiger partial charge >= 0.3 is 0 Å². The number of nitrogen functional groups attached to an aromatic ring is 1. The molecule has 0 amide bonds. The molecule has 64 valence electrons. The zero-order valence-corrected chi connectivity index (χ0v) is 6.65. The first kappa shape index (κ1) is 8.61. The molecule has 5 heteroatoms. The third-order valence-electron chi connectivity index (χ3n) is 1.30. The molecule has 0 aromatic carbocycles. The van der Waals surface area contributed by atoms with E-state index in [0.717, 1.165) is 0 Å². The molecule has 0 spiro atoms. The molecule has 12 heavy (non-hydrogen) atoms. The van der Waals surface area contributed by atoms with Gasteiger partial charge in [0.05, 0.1) is 5.56 Å². The van der Waals surface area contributed by atoms with Gasteiger partial charge in [-0.15, -0.1) is 0 Å². The van der Waals surface area contributed by atoms with Crippen molar-refractivity contribution in [3.8, 4) is 0 Å². The van der Waals surface area contributed by atoms with Crippen molar-refractivity contribution in [1.29, 1.82) is 0 Å². The lowest BCUT2D eigenvalue weighted by Crippen LogP contribution is -2.03. The lowest BCUT2D eigenvalue weighted by Gasteiger charge is -2.00. The highest BCUT2D eigenvalue weighted by molar-refractivity contribution is 5.80. The molecule has 0 aliphatic carbocycles. The maximum atomic E-state index is 10.3. The van der Waals surface area contributed by atoms with Gasteiger partial charge in [0.25, 0.3) is 0 Å². The number of hydrogen-bond acceptors (Lipinski definition) is 5. The molecule has 0 atom stereocenters. The van der Waals surface area contributed by atoms with Crippen molar-refractivity contribution in [2.24, 2.45) is 0 Å². The molecule has 0 unspecified atom stereocenters. The Hall–Kier alpha value is -1.49. The van der Waals surface area contributed by atoms with E-state index in [1.54, 1.807) is 0 Å². The van der Waals surface area contributed by atoms with Crippen molar-refractivity contribution in [3.05, 3.63) is 17.6 Å². The molecule has 0 aliphatic rings. The number of aldehydes is 1. The lowest BCUT2D eigenvalue weighted by atomic mass is 10.3. The minimum absolute atomic E-state index is 0.187. The fourth-order valence-electron chi connectivity index (χ4n) is 0.732. The van der Waals surface area contributed by atoms with Gasteiger partial charge < -0.3 is 10.5 Å². The molecule has 2 N–H and O–H groups in total. The van der Waals surface area contributed by atoms with Gasteiger partial charge in [-0.3, -0.25) is 4.79 Å². The second kappa shape index (κ2) is 3.77. The number of nitrogens with two attached hydrogens (primary N) is 1. The summed E-state index contributed by atoms with van der Waals surface area (Å²) < 4.78 is 4.79. The molecular formula is C7H9N3O2. The summed E-state index contributed by atoms with van der Waals surface area (Å²) in [4.78, 5) is 18.0. The number of rotatable bonds is 3. The average Bonchev–Trinajstić information content (AvgIpc) is 2.05. The van der Waals surface area contributed by atoms with Crippen LogP contribution in [0.1, 0.15) is 16.2 Å². The minimum Gasteiger partial charge on any atom is -0.383 e. The first-order valence-corrected chi connectivity index (χ1v) is 3.33. The van der Waals surface area contributed by atoms with E-state index in [-0.39, 0.29) is 5.82 Å². The van der Waals surface area contributed by atoms with Crippen LogP contribution in [-0.4, -0.2) is 23.4 Å². The highest BCUT2D eigenvalue weighted by Gasteiger charge is 2.01. The van der Waals surface area contributed by atoms with Gasteiger partial charge in [0.15, 0.2) is 12.1 Å². The zero-order valence-electron chi connectivity index (χ0n) is 6.65. The van der Waals surface area contributed by atoms with Crippen LogP contribution < -0.4 is 5.73 Å². The third kappa shape index (κ3) is 1.76. The van der Waals surface area contributed by atoms with E-state index in [2.05, 4.69) is 9.97 Å². The van der Waals surface area contributed by atoms with E-state index >= 15 is 0 Å². The molecule has 1 aromatic rings. The zero-order chi connectivity index (χ0) is 8.97. The van der Waals surface area contributed by atoms with Crippen molar-refractivity contribution < 1.29 is 9.53 Å². The number of carbonyl (C=O) groups is 1. The average molecular weight is 167 g/mol. The summed E-state index contributed by atoms with van der Waals surface area (Å²) in [5.74, 6) is 0.660. The van der Waals surface area contributed by atoms with Gasteiger partial charge in [0.1, 0.15) is 12.4 Å². The predicted octanol–water partition coefficient (Wildman–Crippen LogP) is 0.0177. The number of anilines is 1. The summed E-state index contributed by atoms with van der Waals surface area (Å²) in [6, 6.07) is 0. The van der Waals surface area contributed by atoms with Crippen LogP contribution in [0.25, 0.3) is 0 Å². The first-order valence-electron chi connectivity index (χ1n) is 3.33. The number of nitrogens with zero attached hydrogens (tertiary/aromatic N) is 2. The number of methoxy groups -OCH3 is 1. The summed E-state index contributed by atoms with van der Waals surface area (Å²) in [7, 11) is 1.53.